The molecule has 0 heterocycles. The lowest BCUT2D eigenvalue weighted by atomic mass is 9.90. The molecule has 0 saturated carbocycles. The van der Waals surface area contributed by atoms with E-state index in [9.17, 15) is 13.6 Å². The van der Waals surface area contributed by atoms with E-state index in [2.05, 4.69) is 0 Å². The van der Waals surface area contributed by atoms with Gasteiger partial charge in [0.2, 0.25) is 0 Å². The summed E-state index contributed by atoms with van der Waals surface area (Å²) in [6, 6.07) is 0.727. The van der Waals surface area contributed by atoms with Crippen molar-refractivity contribution in [1.29, 1.82) is 0 Å². The predicted octanol–water partition coefficient (Wildman–Crippen LogP) is 1.79. The molecule has 1 aromatic carbocycles. The zero-order valence-corrected chi connectivity index (χ0v) is 9.00. The van der Waals surface area contributed by atoms with Gasteiger partial charge in [0.25, 0.3) is 0 Å². The number of carboxylic acids is 1. The largest absolute Gasteiger partial charge is 0.480 e. The van der Waals surface area contributed by atoms with Gasteiger partial charge in [0.1, 0.15) is 17.7 Å². The summed E-state index contributed by atoms with van der Waals surface area (Å²) in [5.41, 5.74) is 5.52. The van der Waals surface area contributed by atoms with Gasteiger partial charge in [-0.05, 0) is 30.2 Å². The highest BCUT2D eigenvalue weighted by atomic mass is 19.1. The highest BCUT2D eigenvalue weighted by Gasteiger charge is 2.26. The summed E-state index contributed by atoms with van der Waals surface area (Å²) in [5, 5.41) is 8.72. The lowest BCUT2D eigenvalue weighted by Crippen LogP contribution is -2.36. The lowest BCUT2D eigenvalue weighted by molar-refractivity contribution is -0.139. The van der Waals surface area contributed by atoms with Crippen LogP contribution in [0.4, 0.5) is 8.78 Å². The van der Waals surface area contributed by atoms with Crippen LogP contribution < -0.4 is 5.73 Å². The van der Waals surface area contributed by atoms with Gasteiger partial charge in [0, 0.05) is 5.92 Å². The van der Waals surface area contributed by atoms with Crippen LogP contribution >= 0.6 is 0 Å². The number of hydrogen-bond donors (Lipinski definition) is 2. The Balaban J connectivity index is 3.22. The normalized spacial score (nSPS) is 14.6. The number of carbonyl (C=O) groups is 1. The van der Waals surface area contributed by atoms with Gasteiger partial charge in [-0.1, -0.05) is 6.92 Å². The van der Waals surface area contributed by atoms with E-state index in [0.29, 0.717) is 0 Å². The molecule has 0 saturated heterocycles. The Kier molecular flexibility index (Phi) is 3.59. The molecule has 0 amide bonds. The van der Waals surface area contributed by atoms with E-state index in [0.717, 1.165) is 12.1 Å². The van der Waals surface area contributed by atoms with Crippen molar-refractivity contribution in [3.63, 3.8) is 0 Å². The third-order valence-electron chi connectivity index (χ3n) is 2.67. The van der Waals surface area contributed by atoms with E-state index in [1.165, 1.54) is 13.8 Å². The van der Waals surface area contributed by atoms with E-state index in [4.69, 9.17) is 10.8 Å². The topological polar surface area (TPSA) is 63.3 Å². The van der Waals surface area contributed by atoms with Crippen LogP contribution in [0.5, 0.6) is 0 Å². The fourth-order valence-electron chi connectivity index (χ4n) is 1.62. The molecule has 0 radical (unpaired) electrons. The maximum absolute atomic E-state index is 13.5. The fraction of sp³-hybridized carbons (Fsp3) is 0.364. The monoisotopic (exact) mass is 229 g/mol. The summed E-state index contributed by atoms with van der Waals surface area (Å²) in [4.78, 5) is 10.7. The first kappa shape index (κ1) is 12.6. The summed E-state index contributed by atoms with van der Waals surface area (Å²) in [6.07, 6.45) is 0. The molecule has 1 aromatic rings. The molecule has 1 rings (SSSR count). The molecule has 0 spiro atoms. The number of aliphatic carboxylic acids is 1. The Morgan fingerprint density at radius 3 is 2.38 bits per heavy atom. The van der Waals surface area contributed by atoms with Crippen LogP contribution in [0, 0.1) is 18.6 Å². The van der Waals surface area contributed by atoms with Crippen molar-refractivity contribution >= 4 is 5.97 Å². The SMILES string of the molecule is Cc1c(F)ccc(F)c1[C@@H](C)[C@H](N)C(=O)O. The second-order valence-electron chi connectivity index (χ2n) is 3.72. The summed E-state index contributed by atoms with van der Waals surface area (Å²) >= 11 is 0. The van der Waals surface area contributed by atoms with Crippen molar-refractivity contribution in [3.8, 4) is 0 Å². The van der Waals surface area contributed by atoms with Gasteiger partial charge in [-0.15, -0.1) is 0 Å². The van der Waals surface area contributed by atoms with Gasteiger partial charge >= 0.3 is 5.97 Å². The number of halogens is 2. The minimum absolute atomic E-state index is 0.0231. The second-order valence-corrected chi connectivity index (χ2v) is 3.72. The molecule has 0 aliphatic carbocycles. The summed E-state index contributed by atoms with van der Waals surface area (Å²) in [6.45, 7) is 2.86. The minimum Gasteiger partial charge on any atom is -0.480 e. The Bertz CT molecular complexity index is 421. The fourth-order valence-corrected chi connectivity index (χ4v) is 1.62. The molecule has 0 aliphatic rings. The lowest BCUT2D eigenvalue weighted by Gasteiger charge is -2.19. The third-order valence-corrected chi connectivity index (χ3v) is 2.67. The van der Waals surface area contributed by atoms with Gasteiger partial charge in [0.15, 0.2) is 0 Å². The molecule has 0 aromatic heterocycles. The Hall–Kier alpha value is -1.49. The molecular weight excluding hydrogens is 216 g/mol. The van der Waals surface area contributed by atoms with Crippen LogP contribution in [0.3, 0.4) is 0 Å². The van der Waals surface area contributed by atoms with Crippen LogP contribution in [0.2, 0.25) is 0 Å². The summed E-state index contributed by atoms with van der Waals surface area (Å²) < 4.78 is 26.7. The molecule has 5 heteroatoms. The van der Waals surface area contributed by atoms with E-state index in [1.807, 2.05) is 0 Å². The molecule has 2 atom stereocenters. The average molecular weight is 229 g/mol. The molecule has 3 N–H and O–H groups in total. The van der Waals surface area contributed by atoms with Crippen molar-refractivity contribution in [2.45, 2.75) is 25.8 Å². The van der Waals surface area contributed by atoms with Crippen molar-refractivity contribution < 1.29 is 18.7 Å². The van der Waals surface area contributed by atoms with Gasteiger partial charge in [-0.3, -0.25) is 4.79 Å². The van der Waals surface area contributed by atoms with Crippen molar-refractivity contribution in [2.24, 2.45) is 5.73 Å². The first-order valence-electron chi connectivity index (χ1n) is 4.79. The van der Waals surface area contributed by atoms with Crippen molar-refractivity contribution in [3.05, 3.63) is 34.9 Å². The maximum Gasteiger partial charge on any atom is 0.321 e. The third kappa shape index (κ3) is 2.19. The summed E-state index contributed by atoms with van der Waals surface area (Å²) in [5.74, 6) is -3.23. The smallest absolute Gasteiger partial charge is 0.321 e. The second kappa shape index (κ2) is 4.57. The zero-order valence-electron chi connectivity index (χ0n) is 9.00. The summed E-state index contributed by atoms with van der Waals surface area (Å²) in [7, 11) is 0. The van der Waals surface area contributed by atoms with E-state index < -0.39 is 29.6 Å². The molecule has 0 fully saturated rings. The van der Waals surface area contributed by atoms with Crippen LogP contribution in [-0.4, -0.2) is 17.1 Å². The Morgan fingerprint density at radius 1 is 1.38 bits per heavy atom. The number of carboxylic acid groups (broad SMARTS) is 1. The van der Waals surface area contributed by atoms with Gasteiger partial charge in [-0.2, -0.15) is 0 Å². The van der Waals surface area contributed by atoms with E-state index >= 15 is 0 Å². The molecule has 88 valence electrons. The van der Waals surface area contributed by atoms with E-state index in [-0.39, 0.29) is 11.1 Å². The standard InChI is InChI=1S/C11H13F2NO2/c1-5-7(12)3-4-8(13)9(5)6(2)10(14)11(15)16/h3-4,6,10H,14H2,1-2H3,(H,15,16)/t6-,10+/m1/s1. The Morgan fingerprint density at radius 2 is 1.88 bits per heavy atom. The maximum atomic E-state index is 13.5. The Labute approximate surface area is 91.9 Å². The number of benzene rings is 1. The molecule has 0 unspecified atom stereocenters. The average Bonchev–Trinajstić information content (AvgIpc) is 2.22. The predicted molar refractivity (Wildman–Crippen MR) is 55.1 cm³/mol. The molecule has 0 bridgehead atoms. The zero-order chi connectivity index (χ0) is 12.5. The minimum atomic E-state index is -1.25. The number of nitrogens with two attached hydrogens (primary N) is 1. The molecule has 3 nitrogen and oxygen atoms in total. The number of rotatable bonds is 3. The quantitative estimate of drug-likeness (QED) is 0.830. The highest BCUT2D eigenvalue weighted by molar-refractivity contribution is 5.74. The van der Waals surface area contributed by atoms with E-state index in [1.54, 1.807) is 0 Å². The highest BCUT2D eigenvalue weighted by Crippen LogP contribution is 2.26. The molecule has 16 heavy (non-hydrogen) atoms. The first-order valence-corrected chi connectivity index (χ1v) is 4.79. The molecule has 0 aliphatic heterocycles. The van der Waals surface area contributed by atoms with Gasteiger partial charge in [0.05, 0.1) is 0 Å². The van der Waals surface area contributed by atoms with Crippen molar-refractivity contribution in [2.75, 3.05) is 0 Å². The first-order chi connectivity index (χ1) is 7.36. The van der Waals surface area contributed by atoms with Crippen LogP contribution in [0.15, 0.2) is 12.1 Å². The van der Waals surface area contributed by atoms with Crippen molar-refractivity contribution in [1.82, 2.24) is 0 Å². The van der Waals surface area contributed by atoms with Crippen LogP contribution in [0.1, 0.15) is 24.0 Å². The van der Waals surface area contributed by atoms with Crippen LogP contribution in [-0.2, 0) is 4.79 Å². The van der Waals surface area contributed by atoms with Crippen LogP contribution in [0.25, 0.3) is 0 Å². The van der Waals surface area contributed by atoms with Gasteiger partial charge in [-0.25, -0.2) is 8.78 Å². The number of hydrogen-bond acceptors (Lipinski definition) is 2. The van der Waals surface area contributed by atoms with Gasteiger partial charge < -0.3 is 10.8 Å². The molecular formula is C11H13F2NO2.